The topological polar surface area (TPSA) is 72.2 Å². The van der Waals surface area contributed by atoms with E-state index in [1.165, 1.54) is 12.1 Å². The van der Waals surface area contributed by atoms with Crippen LogP contribution in [0.4, 0.5) is 15.8 Å². The van der Waals surface area contributed by atoms with Gasteiger partial charge >= 0.3 is 0 Å². The number of rotatable bonds is 5. The molecule has 0 aliphatic heterocycles. The van der Waals surface area contributed by atoms with Crippen LogP contribution in [-0.2, 0) is 15.6 Å². The second kappa shape index (κ2) is 6.49. The molecule has 0 bridgehead atoms. The number of hydrogen-bond donors (Lipinski definition) is 2. The summed E-state index contributed by atoms with van der Waals surface area (Å²) < 4.78 is 24.5. The van der Waals surface area contributed by atoms with Gasteiger partial charge in [-0.25, -0.2) is 4.39 Å². The van der Waals surface area contributed by atoms with Crippen molar-refractivity contribution in [3.05, 3.63) is 24.0 Å². The Morgan fingerprint density at radius 3 is 2.78 bits per heavy atom. The molecule has 3 N–H and O–H groups in total. The number of anilines is 2. The van der Waals surface area contributed by atoms with Gasteiger partial charge in [-0.3, -0.25) is 9.00 Å². The molecule has 1 aromatic rings. The van der Waals surface area contributed by atoms with E-state index in [4.69, 9.17) is 5.73 Å². The van der Waals surface area contributed by atoms with Crippen molar-refractivity contribution < 1.29 is 13.4 Å². The predicted molar refractivity (Wildman–Crippen MR) is 72.2 cm³/mol. The maximum absolute atomic E-state index is 13.0. The first-order chi connectivity index (χ1) is 8.38. The van der Waals surface area contributed by atoms with Gasteiger partial charge < -0.3 is 11.1 Å². The Morgan fingerprint density at radius 2 is 2.17 bits per heavy atom. The van der Waals surface area contributed by atoms with E-state index in [1.54, 1.807) is 0 Å². The molecule has 0 aliphatic rings. The van der Waals surface area contributed by atoms with Crippen molar-refractivity contribution >= 4 is 28.1 Å². The summed E-state index contributed by atoms with van der Waals surface area (Å²) in [5.41, 5.74) is 6.08. The minimum atomic E-state index is -1.21. The van der Waals surface area contributed by atoms with Crippen LogP contribution in [-0.4, -0.2) is 21.6 Å². The summed E-state index contributed by atoms with van der Waals surface area (Å²) in [5, 5.41) is 2.46. The van der Waals surface area contributed by atoms with Crippen LogP contribution in [0.15, 0.2) is 18.2 Å². The molecule has 0 aliphatic carbocycles. The fourth-order valence-electron chi connectivity index (χ4n) is 1.40. The number of hydrogen-bond acceptors (Lipinski definition) is 3. The summed E-state index contributed by atoms with van der Waals surface area (Å²) in [7, 11) is -1.21. The summed E-state index contributed by atoms with van der Waals surface area (Å²) in [4.78, 5) is 11.6. The Balaban J connectivity index is 2.59. The Bertz CT molecular complexity index is 463. The number of nitrogen functional groups attached to an aromatic ring is 1. The smallest absolute Gasteiger partial charge is 0.237 e. The number of nitrogens with two attached hydrogens (primary N) is 1. The van der Waals surface area contributed by atoms with E-state index in [0.717, 1.165) is 6.07 Å². The van der Waals surface area contributed by atoms with Gasteiger partial charge in [-0.05, 0) is 24.1 Å². The molecule has 0 aromatic heterocycles. The Kier molecular flexibility index (Phi) is 5.27. The zero-order chi connectivity index (χ0) is 13.7. The summed E-state index contributed by atoms with van der Waals surface area (Å²) >= 11 is 0. The van der Waals surface area contributed by atoms with E-state index in [0.29, 0.717) is 5.75 Å². The van der Waals surface area contributed by atoms with Gasteiger partial charge in [0.1, 0.15) is 11.6 Å². The lowest BCUT2D eigenvalue weighted by Gasteiger charge is -2.09. The van der Waals surface area contributed by atoms with Gasteiger partial charge in [-0.15, -0.1) is 0 Å². The standard InChI is InChI=1S/C12H17FN2O2S/c1-8(2)6-18(17)7-12(16)15-11-5-9(13)3-4-10(11)14/h3-5,8H,6-7,14H2,1-2H3,(H,15,16). The van der Waals surface area contributed by atoms with Gasteiger partial charge in [0, 0.05) is 16.6 Å². The summed E-state index contributed by atoms with van der Waals surface area (Å²) in [5.74, 6) is -0.285. The summed E-state index contributed by atoms with van der Waals surface area (Å²) in [6.07, 6.45) is 0. The van der Waals surface area contributed by atoms with E-state index < -0.39 is 22.5 Å². The molecular weight excluding hydrogens is 255 g/mol. The van der Waals surface area contributed by atoms with E-state index in [-0.39, 0.29) is 23.0 Å². The maximum Gasteiger partial charge on any atom is 0.237 e. The number of halogens is 1. The minimum Gasteiger partial charge on any atom is -0.397 e. The predicted octanol–water partition coefficient (Wildman–Crippen LogP) is 1.75. The van der Waals surface area contributed by atoms with Crippen molar-refractivity contribution in [2.45, 2.75) is 13.8 Å². The second-order valence-corrected chi connectivity index (χ2v) is 5.93. The first-order valence-corrected chi connectivity index (χ1v) is 7.07. The lowest BCUT2D eigenvalue weighted by molar-refractivity contribution is -0.113. The van der Waals surface area contributed by atoms with Crippen molar-refractivity contribution in [2.24, 2.45) is 5.92 Å². The molecular formula is C12H17FN2O2S. The Hall–Kier alpha value is -1.43. The lowest BCUT2D eigenvalue weighted by atomic mass is 10.2. The fourth-order valence-corrected chi connectivity index (χ4v) is 2.63. The van der Waals surface area contributed by atoms with E-state index in [1.807, 2.05) is 13.8 Å². The van der Waals surface area contributed by atoms with Crippen molar-refractivity contribution in [2.75, 3.05) is 22.6 Å². The van der Waals surface area contributed by atoms with Gasteiger partial charge in [0.2, 0.25) is 5.91 Å². The first-order valence-electron chi connectivity index (χ1n) is 5.58. The number of nitrogens with one attached hydrogen (secondary N) is 1. The zero-order valence-electron chi connectivity index (χ0n) is 10.4. The third-order valence-electron chi connectivity index (χ3n) is 2.10. The van der Waals surface area contributed by atoms with Crippen LogP contribution in [0.5, 0.6) is 0 Å². The molecule has 1 atom stereocenters. The van der Waals surface area contributed by atoms with Gasteiger partial charge in [-0.2, -0.15) is 0 Å². The second-order valence-electron chi connectivity index (χ2n) is 4.42. The van der Waals surface area contributed by atoms with E-state index in [2.05, 4.69) is 5.32 Å². The average Bonchev–Trinajstić information content (AvgIpc) is 2.21. The molecule has 1 amide bonds. The molecule has 0 spiro atoms. The molecule has 1 aromatic carbocycles. The molecule has 0 radical (unpaired) electrons. The van der Waals surface area contributed by atoms with Crippen LogP contribution in [0.1, 0.15) is 13.8 Å². The molecule has 0 fully saturated rings. The number of carbonyl (C=O) groups is 1. The normalized spacial score (nSPS) is 12.4. The average molecular weight is 272 g/mol. The van der Waals surface area contributed by atoms with Crippen molar-refractivity contribution in [3.8, 4) is 0 Å². The van der Waals surface area contributed by atoms with Crippen LogP contribution in [0, 0.1) is 11.7 Å². The van der Waals surface area contributed by atoms with E-state index >= 15 is 0 Å². The fraction of sp³-hybridized carbons (Fsp3) is 0.417. The van der Waals surface area contributed by atoms with E-state index in [9.17, 15) is 13.4 Å². The van der Waals surface area contributed by atoms with Gasteiger partial charge in [0.05, 0.1) is 11.4 Å². The summed E-state index contributed by atoms with van der Waals surface area (Å²) in [6, 6.07) is 3.72. The van der Waals surface area contributed by atoms with Crippen LogP contribution in [0.3, 0.4) is 0 Å². The van der Waals surface area contributed by atoms with Crippen molar-refractivity contribution in [1.29, 1.82) is 0 Å². The summed E-state index contributed by atoms with van der Waals surface area (Å²) in [6.45, 7) is 3.86. The van der Waals surface area contributed by atoms with Crippen LogP contribution in [0.25, 0.3) is 0 Å². The monoisotopic (exact) mass is 272 g/mol. The minimum absolute atomic E-state index is 0.103. The highest BCUT2D eigenvalue weighted by Gasteiger charge is 2.11. The highest BCUT2D eigenvalue weighted by molar-refractivity contribution is 7.85. The quantitative estimate of drug-likeness (QED) is 0.802. The Morgan fingerprint density at radius 1 is 1.50 bits per heavy atom. The van der Waals surface area contributed by atoms with Gasteiger partial charge in [0.15, 0.2) is 0 Å². The van der Waals surface area contributed by atoms with Crippen LogP contribution < -0.4 is 11.1 Å². The molecule has 100 valence electrons. The largest absolute Gasteiger partial charge is 0.397 e. The maximum atomic E-state index is 13.0. The zero-order valence-corrected chi connectivity index (χ0v) is 11.2. The number of carbonyl (C=O) groups excluding carboxylic acids is 1. The SMILES string of the molecule is CC(C)CS(=O)CC(=O)Nc1cc(F)ccc1N. The highest BCUT2D eigenvalue weighted by atomic mass is 32.2. The molecule has 0 saturated carbocycles. The molecule has 18 heavy (non-hydrogen) atoms. The van der Waals surface area contributed by atoms with Crippen molar-refractivity contribution in [3.63, 3.8) is 0 Å². The van der Waals surface area contributed by atoms with Crippen LogP contribution >= 0.6 is 0 Å². The third kappa shape index (κ3) is 4.83. The lowest BCUT2D eigenvalue weighted by Crippen LogP contribution is -2.22. The number of benzene rings is 1. The molecule has 6 heteroatoms. The van der Waals surface area contributed by atoms with Crippen LogP contribution in [0.2, 0.25) is 0 Å². The number of amides is 1. The Labute approximate surface area is 108 Å². The molecule has 0 saturated heterocycles. The highest BCUT2D eigenvalue weighted by Crippen LogP contribution is 2.19. The van der Waals surface area contributed by atoms with Crippen molar-refractivity contribution in [1.82, 2.24) is 0 Å². The first kappa shape index (κ1) is 14.6. The molecule has 1 rings (SSSR count). The molecule has 1 unspecified atom stereocenters. The van der Waals surface area contributed by atoms with Gasteiger partial charge in [-0.1, -0.05) is 13.8 Å². The molecule has 0 heterocycles. The molecule has 4 nitrogen and oxygen atoms in total. The third-order valence-corrected chi connectivity index (χ3v) is 3.72. The van der Waals surface area contributed by atoms with Gasteiger partial charge in [0.25, 0.3) is 0 Å².